The zero-order valence-corrected chi connectivity index (χ0v) is 13.6. The maximum atomic E-state index is 13.9. The van der Waals surface area contributed by atoms with E-state index in [0.717, 1.165) is 17.7 Å². The molecule has 1 amide bonds. The summed E-state index contributed by atoms with van der Waals surface area (Å²) in [6.45, 7) is 3.54. The lowest BCUT2D eigenvalue weighted by molar-refractivity contribution is 0.0631. The van der Waals surface area contributed by atoms with Gasteiger partial charge in [0.15, 0.2) is 5.82 Å². The average Bonchev–Trinajstić information content (AvgIpc) is 3.26. The van der Waals surface area contributed by atoms with Gasteiger partial charge in [-0.15, -0.1) is 0 Å². The molecule has 0 aliphatic carbocycles. The van der Waals surface area contributed by atoms with E-state index >= 15 is 0 Å². The number of hydrogen-bond acceptors (Lipinski definition) is 5. The van der Waals surface area contributed by atoms with E-state index in [0.29, 0.717) is 19.6 Å². The van der Waals surface area contributed by atoms with E-state index < -0.39 is 5.82 Å². The van der Waals surface area contributed by atoms with Crippen molar-refractivity contribution in [3.05, 3.63) is 60.2 Å². The Morgan fingerprint density at radius 3 is 2.96 bits per heavy atom. The van der Waals surface area contributed by atoms with Crippen molar-refractivity contribution in [2.24, 2.45) is 0 Å². The summed E-state index contributed by atoms with van der Waals surface area (Å²) in [5, 5.41) is 4.10. The number of halogens is 1. The summed E-state index contributed by atoms with van der Waals surface area (Å²) in [6.07, 6.45) is 7.39. The molecule has 4 rings (SSSR count). The fraction of sp³-hybridized carbons (Fsp3) is 0.312. The van der Waals surface area contributed by atoms with Gasteiger partial charge >= 0.3 is 0 Å². The maximum absolute atomic E-state index is 13.9. The van der Waals surface area contributed by atoms with Crippen LogP contribution in [0.1, 0.15) is 34.8 Å². The Kier molecular flexibility index (Phi) is 3.75. The van der Waals surface area contributed by atoms with Gasteiger partial charge in [-0.3, -0.25) is 9.78 Å². The van der Waals surface area contributed by atoms with Crippen molar-refractivity contribution in [3.63, 3.8) is 0 Å². The van der Waals surface area contributed by atoms with Crippen LogP contribution in [0.3, 0.4) is 0 Å². The highest BCUT2D eigenvalue weighted by Gasteiger charge is 2.31. The van der Waals surface area contributed by atoms with Gasteiger partial charge in [-0.05, 0) is 13.0 Å². The monoisotopic (exact) mass is 341 g/mol. The van der Waals surface area contributed by atoms with Gasteiger partial charge in [0.05, 0.1) is 36.2 Å². The van der Waals surface area contributed by atoms with Crippen molar-refractivity contribution in [1.29, 1.82) is 0 Å². The Labute approximate surface area is 143 Å². The molecule has 0 radical (unpaired) electrons. The third kappa shape index (κ3) is 2.67. The highest BCUT2D eigenvalue weighted by Crippen LogP contribution is 2.27. The van der Waals surface area contributed by atoms with E-state index in [-0.39, 0.29) is 17.5 Å². The quantitative estimate of drug-likeness (QED) is 0.717. The molecular formula is C16H16FN7O. The molecule has 0 spiro atoms. The van der Waals surface area contributed by atoms with E-state index in [2.05, 4.69) is 24.6 Å². The molecule has 1 unspecified atom stereocenters. The van der Waals surface area contributed by atoms with Gasteiger partial charge in [-0.1, -0.05) is 0 Å². The van der Waals surface area contributed by atoms with Crippen LogP contribution in [-0.4, -0.2) is 46.7 Å². The molecule has 0 saturated heterocycles. The van der Waals surface area contributed by atoms with Crippen molar-refractivity contribution in [2.45, 2.75) is 26.1 Å². The SMILES string of the molecule is CC1c2ncc(Cn3cncn3)n2CCN1C(=O)c1ccncc1F. The van der Waals surface area contributed by atoms with Crippen LogP contribution in [0.2, 0.25) is 0 Å². The Morgan fingerprint density at radius 2 is 2.20 bits per heavy atom. The van der Waals surface area contributed by atoms with E-state index in [1.165, 1.54) is 18.6 Å². The minimum Gasteiger partial charge on any atom is -0.327 e. The molecule has 1 aliphatic heterocycles. The van der Waals surface area contributed by atoms with Gasteiger partial charge in [0.1, 0.15) is 18.5 Å². The van der Waals surface area contributed by atoms with Crippen LogP contribution < -0.4 is 0 Å². The molecule has 25 heavy (non-hydrogen) atoms. The number of nitrogens with zero attached hydrogens (tertiary/aromatic N) is 7. The number of hydrogen-bond donors (Lipinski definition) is 0. The fourth-order valence-electron chi connectivity index (χ4n) is 3.15. The van der Waals surface area contributed by atoms with E-state index in [4.69, 9.17) is 0 Å². The summed E-state index contributed by atoms with van der Waals surface area (Å²) in [4.78, 5) is 26.4. The normalized spacial score (nSPS) is 16.7. The number of carbonyl (C=O) groups excluding carboxylic acids is 1. The van der Waals surface area contributed by atoms with Gasteiger partial charge in [-0.25, -0.2) is 19.0 Å². The second-order valence-electron chi connectivity index (χ2n) is 5.88. The van der Waals surface area contributed by atoms with Crippen molar-refractivity contribution >= 4 is 5.91 Å². The molecule has 128 valence electrons. The van der Waals surface area contributed by atoms with Crippen molar-refractivity contribution in [3.8, 4) is 0 Å². The molecule has 3 aromatic heterocycles. The minimum atomic E-state index is -0.611. The number of carbonyl (C=O) groups is 1. The van der Waals surface area contributed by atoms with Crippen LogP contribution in [0.25, 0.3) is 0 Å². The molecule has 0 fully saturated rings. The molecule has 1 atom stereocenters. The number of fused-ring (bicyclic) bond motifs is 1. The second kappa shape index (κ2) is 6.08. The van der Waals surface area contributed by atoms with Crippen LogP contribution in [0, 0.1) is 5.82 Å². The van der Waals surface area contributed by atoms with Gasteiger partial charge in [0, 0.05) is 19.3 Å². The molecule has 8 nitrogen and oxygen atoms in total. The number of aromatic nitrogens is 6. The molecule has 1 aliphatic rings. The summed E-state index contributed by atoms with van der Waals surface area (Å²) in [7, 11) is 0. The van der Waals surface area contributed by atoms with Gasteiger partial charge in [0.25, 0.3) is 5.91 Å². The molecule has 0 saturated carbocycles. The minimum absolute atomic E-state index is 0.0321. The molecule has 4 heterocycles. The smallest absolute Gasteiger partial charge is 0.257 e. The van der Waals surface area contributed by atoms with Crippen molar-refractivity contribution in [1.82, 2.24) is 34.2 Å². The lowest BCUT2D eigenvalue weighted by Gasteiger charge is -2.34. The molecule has 3 aromatic rings. The zero-order chi connectivity index (χ0) is 17.4. The van der Waals surface area contributed by atoms with Crippen LogP contribution in [-0.2, 0) is 13.1 Å². The van der Waals surface area contributed by atoms with Gasteiger partial charge < -0.3 is 9.47 Å². The number of imidazole rings is 1. The zero-order valence-electron chi connectivity index (χ0n) is 13.6. The first-order chi connectivity index (χ1) is 12.1. The first kappa shape index (κ1) is 15.4. The summed E-state index contributed by atoms with van der Waals surface area (Å²) < 4.78 is 17.7. The largest absolute Gasteiger partial charge is 0.327 e. The van der Waals surface area contributed by atoms with E-state index in [1.807, 2.05) is 6.92 Å². The maximum Gasteiger partial charge on any atom is 0.257 e. The number of pyridine rings is 1. The summed E-state index contributed by atoms with van der Waals surface area (Å²) in [5.74, 6) is -0.177. The Bertz CT molecular complexity index is 905. The number of amides is 1. The third-order valence-corrected chi connectivity index (χ3v) is 4.43. The third-order valence-electron chi connectivity index (χ3n) is 4.43. The summed E-state index contributed by atoms with van der Waals surface area (Å²) >= 11 is 0. The highest BCUT2D eigenvalue weighted by molar-refractivity contribution is 5.94. The summed E-state index contributed by atoms with van der Waals surface area (Å²) in [5.41, 5.74) is 1.03. The first-order valence-electron chi connectivity index (χ1n) is 7.92. The Morgan fingerprint density at radius 1 is 1.32 bits per heavy atom. The predicted molar refractivity (Wildman–Crippen MR) is 85.0 cm³/mol. The number of rotatable bonds is 3. The molecule has 0 aromatic carbocycles. The average molecular weight is 341 g/mol. The second-order valence-corrected chi connectivity index (χ2v) is 5.88. The molecule has 0 bridgehead atoms. The first-order valence-corrected chi connectivity index (χ1v) is 7.92. The molecular weight excluding hydrogens is 325 g/mol. The molecule has 9 heteroatoms. The predicted octanol–water partition coefficient (Wildman–Crippen LogP) is 1.27. The Balaban J connectivity index is 1.60. The lowest BCUT2D eigenvalue weighted by Crippen LogP contribution is -2.42. The van der Waals surface area contributed by atoms with Crippen LogP contribution in [0.5, 0.6) is 0 Å². The van der Waals surface area contributed by atoms with Crippen LogP contribution in [0.15, 0.2) is 37.3 Å². The topological polar surface area (TPSA) is 81.7 Å². The van der Waals surface area contributed by atoms with Crippen LogP contribution >= 0.6 is 0 Å². The van der Waals surface area contributed by atoms with Crippen molar-refractivity contribution in [2.75, 3.05) is 6.54 Å². The fourth-order valence-corrected chi connectivity index (χ4v) is 3.15. The van der Waals surface area contributed by atoms with Crippen LogP contribution in [0.4, 0.5) is 4.39 Å². The lowest BCUT2D eigenvalue weighted by atomic mass is 10.1. The van der Waals surface area contributed by atoms with Crippen molar-refractivity contribution < 1.29 is 9.18 Å². The highest BCUT2D eigenvalue weighted by atomic mass is 19.1. The van der Waals surface area contributed by atoms with Gasteiger partial charge in [-0.2, -0.15) is 5.10 Å². The van der Waals surface area contributed by atoms with E-state index in [1.54, 1.807) is 22.1 Å². The summed E-state index contributed by atoms with van der Waals surface area (Å²) in [6, 6.07) is 1.15. The van der Waals surface area contributed by atoms with Gasteiger partial charge in [0.2, 0.25) is 0 Å². The standard InChI is InChI=1S/C16H16FN7O/c1-11-15-20-6-12(8-22-10-19-9-21-22)24(15)5-4-23(11)16(25)13-2-3-18-7-14(13)17/h2-3,6-7,9-11H,4-5,8H2,1H3. The molecule has 0 N–H and O–H groups in total. The Hall–Kier alpha value is -3.10. The van der Waals surface area contributed by atoms with E-state index in [9.17, 15) is 9.18 Å².